The molecule has 15 heteroatoms. The molecule has 35 heavy (non-hydrogen) atoms. The molecule has 2 amide bonds. The highest BCUT2D eigenvalue weighted by molar-refractivity contribution is 8.00. The zero-order chi connectivity index (χ0) is 25.1. The smallest absolute Gasteiger partial charge is 0.278 e. The third-order valence-electron chi connectivity index (χ3n) is 5.15. The second-order valence-corrected chi connectivity index (χ2v) is 9.21. The summed E-state index contributed by atoms with van der Waals surface area (Å²) < 4.78 is 10.9. The third kappa shape index (κ3) is 4.90. The number of nitrogens with one attached hydrogen (secondary N) is 1. The number of oxime groups is 1. The van der Waals surface area contributed by atoms with Gasteiger partial charge in [0.2, 0.25) is 11.5 Å². The molecule has 2 atom stereocenters. The number of amides is 2. The molecule has 0 spiro atoms. The summed E-state index contributed by atoms with van der Waals surface area (Å²) in [6.07, 6.45) is 3.49. The summed E-state index contributed by atoms with van der Waals surface area (Å²) in [5.41, 5.74) is 5.69. The number of carboxylic acid groups (broad SMARTS) is 1. The van der Waals surface area contributed by atoms with Gasteiger partial charge in [-0.3, -0.25) is 14.5 Å². The molecule has 1 unspecified atom stereocenters. The lowest BCUT2D eigenvalue weighted by Crippen LogP contribution is -2.71. The predicted molar refractivity (Wildman–Crippen MR) is 123 cm³/mol. The number of aliphatic carboxylic acids is 1. The topological polar surface area (TPSA) is 176 Å². The van der Waals surface area contributed by atoms with Gasteiger partial charge in [0, 0.05) is 35.0 Å². The van der Waals surface area contributed by atoms with Crippen LogP contribution >= 0.6 is 23.3 Å². The number of nitrogens with two attached hydrogens (primary N) is 1. The minimum absolute atomic E-state index is 0.0347. The first-order chi connectivity index (χ1) is 16.8. The molecular weight excluding hydrogens is 498 g/mol. The van der Waals surface area contributed by atoms with Crippen molar-refractivity contribution < 1.29 is 33.6 Å². The second kappa shape index (κ2) is 10.3. The zero-order valence-corrected chi connectivity index (χ0v) is 20.3. The van der Waals surface area contributed by atoms with E-state index in [1.54, 1.807) is 43.1 Å². The molecule has 0 saturated carbocycles. The van der Waals surface area contributed by atoms with Crippen molar-refractivity contribution in [3.8, 4) is 5.75 Å². The van der Waals surface area contributed by atoms with E-state index in [1.807, 2.05) is 0 Å². The van der Waals surface area contributed by atoms with Gasteiger partial charge in [0.05, 0.1) is 18.8 Å². The van der Waals surface area contributed by atoms with Crippen molar-refractivity contribution in [3.05, 3.63) is 41.6 Å². The van der Waals surface area contributed by atoms with Crippen LogP contribution in [0.15, 0.2) is 41.0 Å². The first-order valence-electron chi connectivity index (χ1n) is 10.4. The van der Waals surface area contributed by atoms with E-state index in [0.717, 1.165) is 16.4 Å². The molecule has 0 aliphatic carbocycles. The highest BCUT2D eigenvalue weighted by Crippen LogP contribution is 2.40. The second-order valence-electron chi connectivity index (χ2n) is 7.32. The van der Waals surface area contributed by atoms with Crippen LogP contribution in [0.3, 0.4) is 0 Å². The Morgan fingerprint density at radius 2 is 2.14 bits per heavy atom. The Hall–Kier alpha value is -3.72. The Morgan fingerprint density at radius 1 is 1.40 bits per heavy atom. The summed E-state index contributed by atoms with van der Waals surface area (Å²) in [7, 11) is 1.55. The number of aromatic nitrogens is 3. The summed E-state index contributed by atoms with van der Waals surface area (Å²) in [4.78, 5) is 47.9. The van der Waals surface area contributed by atoms with Crippen molar-refractivity contribution in [1.82, 2.24) is 19.6 Å². The molecule has 2 aliphatic rings. The van der Waals surface area contributed by atoms with Gasteiger partial charge in [0.15, 0.2) is 24.1 Å². The lowest BCUT2D eigenvalue weighted by molar-refractivity contribution is -0.689. The molecule has 2 aromatic heterocycles. The number of carbonyl (C=O) groups excluding carboxylic acids is 3. The van der Waals surface area contributed by atoms with Gasteiger partial charge in [-0.05, 0) is 6.92 Å². The molecule has 2 aliphatic heterocycles. The number of nitrogen functional groups attached to an aromatic ring is 1. The lowest BCUT2D eigenvalue weighted by atomic mass is 10.0. The van der Waals surface area contributed by atoms with Crippen molar-refractivity contribution in [1.29, 1.82) is 0 Å². The third-order valence-corrected chi connectivity index (χ3v) is 7.03. The minimum atomic E-state index is -1.46. The van der Waals surface area contributed by atoms with Gasteiger partial charge in [-0.2, -0.15) is 9.36 Å². The van der Waals surface area contributed by atoms with Crippen molar-refractivity contribution in [3.63, 3.8) is 0 Å². The molecule has 4 heterocycles. The molecule has 0 aromatic carbocycles. The van der Waals surface area contributed by atoms with Crippen LogP contribution in [-0.4, -0.2) is 68.6 Å². The summed E-state index contributed by atoms with van der Waals surface area (Å²) in [5, 5.41) is 17.8. The van der Waals surface area contributed by atoms with Gasteiger partial charge in [0.1, 0.15) is 23.8 Å². The molecule has 13 nitrogen and oxygen atoms in total. The molecule has 0 bridgehead atoms. The van der Waals surface area contributed by atoms with Gasteiger partial charge in [-0.15, -0.1) is 11.8 Å². The van der Waals surface area contributed by atoms with Gasteiger partial charge >= 0.3 is 0 Å². The molecule has 184 valence electrons. The van der Waals surface area contributed by atoms with Crippen LogP contribution in [0.2, 0.25) is 0 Å². The number of hydrogen-bond acceptors (Lipinski definition) is 12. The van der Waals surface area contributed by atoms with Crippen LogP contribution in [0.4, 0.5) is 5.13 Å². The SMILES string of the molecule is CCON=C(C(=O)NC1C(=O)N2C(C(=O)[O-])=C(C[n+]3ccc(OC)cc3)CS[C@@H]12)c1nsc(N)n1. The van der Waals surface area contributed by atoms with Crippen LogP contribution < -0.4 is 25.5 Å². The van der Waals surface area contributed by atoms with E-state index in [1.165, 1.54) is 11.8 Å². The highest BCUT2D eigenvalue weighted by atomic mass is 32.2. The number of carbonyl (C=O) groups is 3. The molecule has 3 N–H and O–H groups in total. The number of ether oxygens (including phenoxy) is 1. The number of hydrogen-bond donors (Lipinski definition) is 2. The fraction of sp³-hybridized carbons (Fsp3) is 0.350. The number of fused-ring (bicyclic) bond motifs is 1. The maximum Gasteiger partial charge on any atom is 0.278 e. The van der Waals surface area contributed by atoms with Gasteiger partial charge in [-0.25, -0.2) is 4.57 Å². The van der Waals surface area contributed by atoms with E-state index in [4.69, 9.17) is 15.3 Å². The van der Waals surface area contributed by atoms with Crippen molar-refractivity contribution >= 4 is 51.9 Å². The molecule has 4 rings (SSSR count). The Morgan fingerprint density at radius 3 is 2.74 bits per heavy atom. The quantitative estimate of drug-likeness (QED) is 0.167. The van der Waals surface area contributed by atoms with Gasteiger partial charge < -0.3 is 30.5 Å². The first kappa shape index (κ1) is 24.4. The molecule has 0 radical (unpaired) electrons. The van der Waals surface area contributed by atoms with E-state index in [-0.39, 0.29) is 35.5 Å². The van der Waals surface area contributed by atoms with Crippen LogP contribution in [0, 0.1) is 0 Å². The Bertz CT molecular complexity index is 1210. The Labute approximate surface area is 207 Å². The van der Waals surface area contributed by atoms with Crippen molar-refractivity contribution in [2.45, 2.75) is 24.9 Å². The number of nitrogens with zero attached hydrogens (tertiary/aromatic N) is 5. The number of thioether (sulfide) groups is 1. The largest absolute Gasteiger partial charge is 0.543 e. The monoisotopic (exact) mass is 519 g/mol. The number of anilines is 1. The highest BCUT2D eigenvalue weighted by Gasteiger charge is 2.53. The van der Waals surface area contributed by atoms with Crippen LogP contribution in [0.25, 0.3) is 0 Å². The average molecular weight is 520 g/mol. The molecule has 2 aromatic rings. The first-order valence-corrected chi connectivity index (χ1v) is 12.2. The average Bonchev–Trinajstić information content (AvgIpc) is 3.28. The Balaban J connectivity index is 1.52. The number of carboxylic acids is 1. The summed E-state index contributed by atoms with van der Waals surface area (Å²) in [6, 6.07) is 2.51. The number of methoxy groups -OCH3 is 1. The van der Waals surface area contributed by atoms with E-state index in [2.05, 4.69) is 19.8 Å². The zero-order valence-electron chi connectivity index (χ0n) is 18.7. The van der Waals surface area contributed by atoms with E-state index < -0.39 is 29.2 Å². The fourth-order valence-electron chi connectivity index (χ4n) is 3.55. The standard InChI is InChI=1S/C20H21N7O6S2/c1-3-33-24-12(15-23-20(21)35-25-15)16(28)22-13-17(29)27-14(19(30)31)10(9-34-18(13)27)8-26-6-4-11(32-2)5-7-26/h4-7,13,18H,3,8-9H2,1-2H3,(H3-,21,22,23,25,28,30,31)/t13?,18-/m0/s1. The van der Waals surface area contributed by atoms with Crippen LogP contribution in [0.5, 0.6) is 5.75 Å². The van der Waals surface area contributed by atoms with E-state index >= 15 is 0 Å². The normalized spacial score (nSPS) is 19.7. The molecular formula is C20H21N7O6S2. The van der Waals surface area contributed by atoms with Gasteiger partial charge in [0.25, 0.3) is 11.8 Å². The van der Waals surface area contributed by atoms with Crippen LogP contribution in [0.1, 0.15) is 12.7 Å². The fourth-order valence-corrected chi connectivity index (χ4v) is 5.32. The van der Waals surface area contributed by atoms with E-state index in [9.17, 15) is 19.5 Å². The molecule has 1 fully saturated rings. The number of pyridine rings is 1. The van der Waals surface area contributed by atoms with Crippen molar-refractivity contribution in [2.75, 3.05) is 25.2 Å². The van der Waals surface area contributed by atoms with E-state index in [0.29, 0.717) is 17.1 Å². The lowest BCUT2D eigenvalue weighted by Gasteiger charge is -2.50. The van der Waals surface area contributed by atoms with Crippen molar-refractivity contribution in [2.24, 2.45) is 5.16 Å². The summed E-state index contributed by atoms with van der Waals surface area (Å²) >= 11 is 2.22. The number of β-lactam (4-membered cyclic amide) rings is 1. The summed E-state index contributed by atoms with van der Waals surface area (Å²) in [6.45, 7) is 2.12. The predicted octanol–water partition coefficient (Wildman–Crippen LogP) is -1.74. The minimum Gasteiger partial charge on any atom is -0.543 e. The summed E-state index contributed by atoms with van der Waals surface area (Å²) in [5.74, 6) is -1.83. The van der Waals surface area contributed by atoms with Crippen LogP contribution in [-0.2, 0) is 25.8 Å². The van der Waals surface area contributed by atoms with Gasteiger partial charge in [-0.1, -0.05) is 5.16 Å². The molecule has 1 saturated heterocycles. The number of rotatable bonds is 9. The maximum absolute atomic E-state index is 12.9. The Kier molecular flexibility index (Phi) is 7.16. The maximum atomic E-state index is 12.9.